The summed E-state index contributed by atoms with van der Waals surface area (Å²) in [5.74, 6) is 0.705. The summed E-state index contributed by atoms with van der Waals surface area (Å²) in [6, 6.07) is 10.5. The van der Waals surface area contributed by atoms with Crippen LogP contribution in [-0.2, 0) is 20.3 Å². The van der Waals surface area contributed by atoms with Gasteiger partial charge < -0.3 is 43.5 Å². The largest absolute Gasteiger partial charge is 0.435 e. The van der Waals surface area contributed by atoms with E-state index < -0.39 is 18.8 Å². The first kappa shape index (κ1) is 44.4. The number of aryl methyl sites for hydroxylation is 2. The molecule has 2 fully saturated rings. The Morgan fingerprint density at radius 3 is 1.60 bits per heavy atom. The van der Waals surface area contributed by atoms with Crippen LogP contribution in [0.25, 0.3) is 45.0 Å². The number of alkyl halides is 4. The average Bonchev–Trinajstić information content (AvgIpc) is 3.95. The van der Waals surface area contributed by atoms with Crippen LogP contribution in [0.3, 0.4) is 0 Å². The first-order chi connectivity index (χ1) is 29.1. The molecule has 0 spiro atoms. The fourth-order valence-electron chi connectivity index (χ4n) is 7.39. The van der Waals surface area contributed by atoms with Crippen molar-refractivity contribution in [1.82, 2.24) is 30.4 Å². The van der Waals surface area contributed by atoms with Crippen LogP contribution in [0.5, 0.6) is 11.5 Å². The van der Waals surface area contributed by atoms with Crippen molar-refractivity contribution in [3.63, 3.8) is 0 Å². The van der Waals surface area contributed by atoms with Gasteiger partial charge in [-0.15, -0.1) is 10.2 Å². The number of anilines is 2. The third-order valence-corrected chi connectivity index (χ3v) is 10.4. The molecule has 0 amide bonds. The van der Waals surface area contributed by atoms with Crippen molar-refractivity contribution in [3.8, 4) is 34.7 Å². The molecule has 0 unspecified atom stereocenters. The van der Waals surface area contributed by atoms with Gasteiger partial charge in [0.15, 0.2) is 6.29 Å². The molecule has 3 N–H and O–H groups in total. The van der Waals surface area contributed by atoms with Crippen molar-refractivity contribution in [3.05, 3.63) is 58.7 Å². The first-order valence-electron chi connectivity index (χ1n) is 20.1. The number of nitrogens with zero attached hydrogens (tertiary/aromatic N) is 6. The van der Waals surface area contributed by atoms with Gasteiger partial charge in [0.2, 0.25) is 0 Å². The molecule has 1 aliphatic heterocycles. The van der Waals surface area contributed by atoms with E-state index in [0.717, 1.165) is 33.0 Å². The van der Waals surface area contributed by atoms with E-state index in [1.165, 1.54) is 0 Å². The average molecular weight is 867 g/mol. The second-order valence-electron chi connectivity index (χ2n) is 17.8. The van der Waals surface area contributed by atoms with Gasteiger partial charge in [0, 0.05) is 16.8 Å². The van der Waals surface area contributed by atoms with E-state index in [1.54, 1.807) is 43.3 Å². The highest BCUT2D eigenvalue weighted by atomic mass is 19.3. The Hall–Kier alpha value is -5.66. The van der Waals surface area contributed by atoms with E-state index in [4.69, 9.17) is 28.3 Å². The molecular weight excluding hydrogens is 817 g/mol. The fourth-order valence-corrected chi connectivity index (χ4v) is 7.39. The summed E-state index contributed by atoms with van der Waals surface area (Å²) in [4.78, 5) is 9.46. The van der Waals surface area contributed by atoms with Gasteiger partial charge in [-0.05, 0) is 103 Å². The number of hydrogen-bond acceptors (Lipinski definition) is 15. The Bertz CT molecular complexity index is 2540. The molecule has 0 atom stereocenters. The number of rotatable bonds is 11. The summed E-state index contributed by atoms with van der Waals surface area (Å²) in [5.41, 5.74) is 4.16. The highest BCUT2D eigenvalue weighted by Crippen LogP contribution is 2.39. The zero-order valence-electron chi connectivity index (χ0n) is 35.9. The van der Waals surface area contributed by atoms with Crippen LogP contribution in [0.1, 0.15) is 83.6 Å². The second-order valence-corrected chi connectivity index (χ2v) is 17.8. The van der Waals surface area contributed by atoms with Crippen molar-refractivity contribution >= 4 is 33.8 Å². The van der Waals surface area contributed by atoms with Gasteiger partial charge in [-0.1, -0.05) is 51.7 Å². The van der Waals surface area contributed by atoms with E-state index in [1.807, 2.05) is 55.4 Å². The molecule has 19 heteroatoms. The third-order valence-electron chi connectivity index (χ3n) is 10.4. The minimum Gasteiger partial charge on any atom is -0.435 e. The summed E-state index contributed by atoms with van der Waals surface area (Å²) < 4.78 is 82.8. The van der Waals surface area contributed by atoms with Crippen molar-refractivity contribution in [1.29, 1.82) is 0 Å². The number of hydrogen-bond donors (Lipinski definition) is 3. The molecule has 15 nitrogen and oxygen atoms in total. The minimum absolute atomic E-state index is 0.0790. The molecule has 1 saturated carbocycles. The standard InChI is InChI=1S/C22H26F2N4O3.C21H24F2N4O4/c1-11-6-16(18-27-28-20(31-18)25-12-9-22(5,29)10-12)26-17-14(11)7-13(30-19(23)24)8-15(17)21(2,3)4;1-11-7-15(18-26-27-20(31-18)24-10-16-28-5-6-29-16)25-17-13(11)8-12(30-19(22)23)9-14(17)21(2,3)4/h6-8,12,19,29H,9-10H2,1-5H3,(H,25,28);7-9,16,19H,5-6,10H2,1-4H3,(H,24,27). The summed E-state index contributed by atoms with van der Waals surface area (Å²) in [5, 5.41) is 33.6. The van der Waals surface area contributed by atoms with Crippen molar-refractivity contribution in [2.45, 2.75) is 117 Å². The molecule has 4 aromatic heterocycles. The zero-order valence-corrected chi connectivity index (χ0v) is 35.9. The fraction of sp³-hybridized carbons (Fsp3) is 0.488. The SMILES string of the molecule is Cc1cc(-c2nnc(NC3CC(C)(O)C3)o2)nc2c(C(C)(C)C)cc(OC(F)F)cc12.Cc1cc(-c2nnc(NCC3OCCO3)o2)nc2c(C(C)(C)C)cc(OC(F)F)cc12. The van der Waals surface area contributed by atoms with Crippen molar-refractivity contribution in [2.75, 3.05) is 30.4 Å². The smallest absolute Gasteiger partial charge is 0.387 e. The maximum atomic E-state index is 12.8. The highest BCUT2D eigenvalue weighted by molar-refractivity contribution is 5.90. The number of ether oxygens (including phenoxy) is 4. The molecule has 0 radical (unpaired) electrons. The van der Waals surface area contributed by atoms with Crippen LogP contribution in [-0.4, -0.2) is 86.4 Å². The molecule has 1 saturated heterocycles. The topological polar surface area (TPSA) is 185 Å². The molecular formula is C43H50F4N8O7. The normalized spacial score (nSPS) is 18.3. The van der Waals surface area contributed by atoms with Gasteiger partial charge in [0.05, 0.1) is 36.4 Å². The zero-order chi connectivity index (χ0) is 44.7. The van der Waals surface area contributed by atoms with Crippen LogP contribution in [0.4, 0.5) is 29.6 Å². The molecule has 6 aromatic rings. The Balaban J connectivity index is 0.000000186. The van der Waals surface area contributed by atoms with Crippen LogP contribution in [0.2, 0.25) is 0 Å². The van der Waals surface area contributed by atoms with Crippen LogP contribution in [0.15, 0.2) is 45.2 Å². The van der Waals surface area contributed by atoms with Gasteiger partial charge in [-0.25, -0.2) is 9.97 Å². The maximum Gasteiger partial charge on any atom is 0.387 e. The monoisotopic (exact) mass is 866 g/mol. The number of aliphatic hydroxyl groups is 1. The lowest BCUT2D eigenvalue weighted by Gasteiger charge is -2.40. The van der Waals surface area contributed by atoms with Gasteiger partial charge in [0.25, 0.3) is 11.8 Å². The Kier molecular flexibility index (Phi) is 12.3. The van der Waals surface area contributed by atoms with E-state index in [0.29, 0.717) is 55.0 Å². The Morgan fingerprint density at radius 2 is 1.16 bits per heavy atom. The van der Waals surface area contributed by atoms with Gasteiger partial charge in [-0.3, -0.25) is 0 Å². The maximum absolute atomic E-state index is 12.8. The number of nitrogens with one attached hydrogen (secondary N) is 2. The number of benzene rings is 2. The lowest BCUT2D eigenvalue weighted by molar-refractivity contribution is -0.0505. The van der Waals surface area contributed by atoms with E-state index in [2.05, 4.69) is 40.5 Å². The van der Waals surface area contributed by atoms with Crippen LogP contribution in [0, 0.1) is 13.8 Å². The van der Waals surface area contributed by atoms with Crippen molar-refractivity contribution in [2.24, 2.45) is 0 Å². The summed E-state index contributed by atoms with van der Waals surface area (Å²) in [7, 11) is 0. The van der Waals surface area contributed by atoms with Gasteiger partial charge in [0.1, 0.15) is 22.9 Å². The minimum atomic E-state index is -2.90. The number of pyridine rings is 2. The van der Waals surface area contributed by atoms with Crippen LogP contribution < -0.4 is 20.1 Å². The predicted molar refractivity (Wildman–Crippen MR) is 222 cm³/mol. The summed E-state index contributed by atoms with van der Waals surface area (Å²) >= 11 is 0. The van der Waals surface area contributed by atoms with E-state index in [9.17, 15) is 22.7 Å². The molecule has 8 rings (SSSR count). The van der Waals surface area contributed by atoms with E-state index >= 15 is 0 Å². The van der Waals surface area contributed by atoms with Crippen LogP contribution >= 0.6 is 0 Å². The van der Waals surface area contributed by atoms with Gasteiger partial charge >= 0.3 is 25.3 Å². The summed E-state index contributed by atoms with van der Waals surface area (Å²) in [6.45, 7) is 13.1. The molecule has 62 heavy (non-hydrogen) atoms. The number of fused-ring (bicyclic) bond motifs is 2. The molecule has 2 aliphatic rings. The number of halogens is 4. The predicted octanol–water partition coefficient (Wildman–Crippen LogP) is 9.09. The molecule has 2 aromatic carbocycles. The van der Waals surface area contributed by atoms with Crippen molar-refractivity contribution < 1.29 is 50.4 Å². The molecule has 332 valence electrons. The first-order valence-corrected chi connectivity index (χ1v) is 20.1. The lowest BCUT2D eigenvalue weighted by Crippen LogP contribution is -2.48. The lowest BCUT2D eigenvalue weighted by atomic mass is 9.77. The van der Waals surface area contributed by atoms with Gasteiger partial charge in [-0.2, -0.15) is 17.6 Å². The molecule has 1 aliphatic carbocycles. The number of aromatic nitrogens is 6. The second kappa shape index (κ2) is 17.2. The molecule has 5 heterocycles. The summed E-state index contributed by atoms with van der Waals surface area (Å²) in [6.07, 6.45) is 0.863. The quantitative estimate of drug-likeness (QED) is 0.105. The third kappa shape index (κ3) is 10.3. The van der Waals surface area contributed by atoms with E-state index in [-0.39, 0.29) is 58.5 Å². The Labute approximate surface area is 354 Å². The molecule has 0 bridgehead atoms. The Morgan fingerprint density at radius 1 is 0.710 bits per heavy atom. The highest BCUT2D eigenvalue weighted by Gasteiger charge is 2.39.